The number of alkyl halides is 3. The number of benzene rings is 3. The molecule has 0 unspecified atom stereocenters. The van der Waals surface area contributed by atoms with Gasteiger partial charge in [-0.3, -0.25) is 4.79 Å². The highest BCUT2D eigenvalue weighted by Gasteiger charge is 2.39. The van der Waals surface area contributed by atoms with Gasteiger partial charge in [-0.1, -0.05) is 18.2 Å². The van der Waals surface area contributed by atoms with Gasteiger partial charge in [0, 0.05) is 6.07 Å². The molecular weight excluding hydrogens is 465 g/mol. The van der Waals surface area contributed by atoms with Crippen LogP contribution in [0.15, 0.2) is 69.9 Å². The Labute approximate surface area is 198 Å². The van der Waals surface area contributed by atoms with Gasteiger partial charge in [0.25, 0.3) is 0 Å². The van der Waals surface area contributed by atoms with E-state index in [-0.39, 0.29) is 34.6 Å². The molecule has 0 amide bonds. The Kier molecular flexibility index (Phi) is 6.59. The Balaban J connectivity index is 1.78. The zero-order chi connectivity index (χ0) is 25.2. The molecule has 0 N–H and O–H groups in total. The van der Waals surface area contributed by atoms with E-state index in [4.69, 9.17) is 23.4 Å². The van der Waals surface area contributed by atoms with Crippen LogP contribution in [0, 0.1) is 0 Å². The Bertz CT molecular complexity index is 1430. The molecule has 4 aromatic rings. The van der Waals surface area contributed by atoms with Crippen LogP contribution in [0.4, 0.5) is 13.2 Å². The smallest absolute Gasteiger partial charge is 0.450 e. The van der Waals surface area contributed by atoms with Crippen LogP contribution in [0.2, 0.25) is 0 Å². The Morgan fingerprint density at radius 2 is 1.60 bits per heavy atom. The van der Waals surface area contributed by atoms with Gasteiger partial charge in [-0.15, -0.1) is 0 Å². The van der Waals surface area contributed by atoms with Crippen LogP contribution < -0.4 is 24.4 Å². The third kappa shape index (κ3) is 4.89. The Morgan fingerprint density at radius 1 is 0.829 bits per heavy atom. The molecule has 3 aromatic carbocycles. The number of rotatable bonds is 7. The molecule has 0 saturated heterocycles. The first-order valence-corrected chi connectivity index (χ1v) is 10.4. The number of hydrogen-bond donors (Lipinski definition) is 0. The van der Waals surface area contributed by atoms with Crippen molar-refractivity contribution in [1.29, 1.82) is 0 Å². The summed E-state index contributed by atoms with van der Waals surface area (Å²) in [4.78, 5) is 13.2. The summed E-state index contributed by atoms with van der Waals surface area (Å²) in [7, 11) is 4.29. The molecule has 0 aliphatic rings. The monoisotopic (exact) mass is 486 g/mol. The number of fused-ring (bicyclic) bond motifs is 1. The van der Waals surface area contributed by atoms with E-state index in [1.807, 2.05) is 6.07 Å². The van der Waals surface area contributed by atoms with Crippen LogP contribution in [0.25, 0.3) is 22.1 Å². The van der Waals surface area contributed by atoms with E-state index in [1.165, 1.54) is 50.6 Å². The molecule has 1 heterocycles. The summed E-state index contributed by atoms with van der Waals surface area (Å²) in [5, 5.41) is -0.0171. The highest BCUT2D eigenvalue weighted by Crippen LogP contribution is 2.40. The lowest BCUT2D eigenvalue weighted by Gasteiger charge is -2.15. The molecule has 0 saturated carbocycles. The highest BCUT2D eigenvalue weighted by atomic mass is 19.4. The summed E-state index contributed by atoms with van der Waals surface area (Å²) < 4.78 is 68.4. The number of ether oxygens (including phenoxy) is 4. The van der Waals surface area contributed by atoms with Gasteiger partial charge in [0.05, 0.1) is 32.3 Å². The maximum absolute atomic E-state index is 14.0. The molecule has 0 aliphatic heterocycles. The first-order chi connectivity index (χ1) is 16.7. The van der Waals surface area contributed by atoms with Gasteiger partial charge in [-0.25, -0.2) is 0 Å². The number of hydrogen-bond acceptors (Lipinski definition) is 6. The first kappa shape index (κ1) is 24.0. The zero-order valence-corrected chi connectivity index (χ0v) is 19.1. The van der Waals surface area contributed by atoms with Gasteiger partial charge < -0.3 is 23.4 Å². The van der Waals surface area contributed by atoms with Crippen LogP contribution in [0.3, 0.4) is 0 Å². The second-order valence-corrected chi connectivity index (χ2v) is 7.50. The van der Waals surface area contributed by atoms with Gasteiger partial charge >= 0.3 is 6.18 Å². The van der Waals surface area contributed by atoms with Crippen LogP contribution in [-0.4, -0.2) is 21.3 Å². The number of methoxy groups -OCH3 is 3. The quantitative estimate of drug-likeness (QED) is 0.315. The van der Waals surface area contributed by atoms with Gasteiger partial charge in [-0.05, 0) is 47.5 Å². The fourth-order valence-electron chi connectivity index (χ4n) is 3.65. The second kappa shape index (κ2) is 9.61. The molecule has 182 valence electrons. The van der Waals surface area contributed by atoms with E-state index in [1.54, 1.807) is 25.3 Å². The van der Waals surface area contributed by atoms with Crippen molar-refractivity contribution in [3.05, 3.63) is 82.2 Å². The third-order valence-corrected chi connectivity index (χ3v) is 5.33. The van der Waals surface area contributed by atoms with Crippen LogP contribution in [0.5, 0.6) is 23.0 Å². The highest BCUT2D eigenvalue weighted by molar-refractivity contribution is 5.84. The maximum Gasteiger partial charge on any atom is 0.450 e. The molecule has 9 heteroatoms. The molecule has 1 aromatic heterocycles. The molecule has 0 bridgehead atoms. The van der Waals surface area contributed by atoms with Crippen molar-refractivity contribution in [3.63, 3.8) is 0 Å². The minimum absolute atomic E-state index is 0.0102. The summed E-state index contributed by atoms with van der Waals surface area (Å²) in [6.07, 6.45) is -4.92. The van der Waals surface area contributed by atoms with Crippen LogP contribution in [0.1, 0.15) is 11.3 Å². The summed E-state index contributed by atoms with van der Waals surface area (Å²) in [6, 6.07) is 15.4. The molecule has 4 rings (SSSR count). The summed E-state index contributed by atoms with van der Waals surface area (Å²) >= 11 is 0. The normalized spacial score (nSPS) is 11.4. The van der Waals surface area contributed by atoms with E-state index in [2.05, 4.69) is 0 Å². The van der Waals surface area contributed by atoms with Crippen molar-refractivity contribution in [3.8, 4) is 34.1 Å². The fraction of sp³-hybridized carbons (Fsp3) is 0.192. The maximum atomic E-state index is 14.0. The minimum atomic E-state index is -4.92. The van der Waals surface area contributed by atoms with Crippen LogP contribution in [-0.2, 0) is 12.8 Å². The molecule has 0 aliphatic carbocycles. The SMILES string of the molecule is COc1cccc(COc2ccc3c(=O)c(-c4ccc(OC)c(OC)c4)c(C(F)(F)F)oc3c2)c1. The summed E-state index contributed by atoms with van der Waals surface area (Å²) in [5.41, 5.74) is -0.898. The molecule has 0 fully saturated rings. The average molecular weight is 486 g/mol. The predicted octanol–water partition coefficient (Wildman–Crippen LogP) is 6.08. The minimum Gasteiger partial charge on any atom is -0.497 e. The summed E-state index contributed by atoms with van der Waals surface area (Å²) in [5.74, 6) is -0.0255. The molecule has 0 radical (unpaired) electrons. The first-order valence-electron chi connectivity index (χ1n) is 10.4. The molecule has 35 heavy (non-hydrogen) atoms. The standard InChI is InChI=1S/C26H21F3O6/c1-31-17-6-4-5-15(11-17)14-34-18-8-9-19-21(13-18)35-25(26(27,28)29)23(24(19)30)16-7-10-20(32-2)22(12-16)33-3/h4-13H,14H2,1-3H3. The van der Waals surface area contributed by atoms with E-state index >= 15 is 0 Å². The summed E-state index contributed by atoms with van der Waals surface area (Å²) in [6.45, 7) is 0.142. The largest absolute Gasteiger partial charge is 0.497 e. The van der Waals surface area contributed by atoms with E-state index in [9.17, 15) is 18.0 Å². The van der Waals surface area contributed by atoms with Crippen molar-refractivity contribution >= 4 is 11.0 Å². The zero-order valence-electron chi connectivity index (χ0n) is 19.1. The average Bonchev–Trinajstić information content (AvgIpc) is 2.86. The molecule has 0 spiro atoms. The predicted molar refractivity (Wildman–Crippen MR) is 123 cm³/mol. The topological polar surface area (TPSA) is 67.1 Å². The lowest BCUT2D eigenvalue weighted by molar-refractivity contribution is -0.152. The Hall–Kier alpha value is -4.14. The van der Waals surface area contributed by atoms with E-state index in [0.29, 0.717) is 11.5 Å². The van der Waals surface area contributed by atoms with E-state index in [0.717, 1.165) is 5.56 Å². The fourth-order valence-corrected chi connectivity index (χ4v) is 3.65. The van der Waals surface area contributed by atoms with Crippen molar-refractivity contribution in [1.82, 2.24) is 0 Å². The van der Waals surface area contributed by atoms with Crippen molar-refractivity contribution in [2.45, 2.75) is 12.8 Å². The third-order valence-electron chi connectivity index (χ3n) is 5.33. The van der Waals surface area contributed by atoms with Gasteiger partial charge in [0.2, 0.25) is 11.2 Å². The Morgan fingerprint density at radius 3 is 2.29 bits per heavy atom. The van der Waals surface area contributed by atoms with E-state index < -0.39 is 22.9 Å². The lowest BCUT2D eigenvalue weighted by atomic mass is 10.0. The van der Waals surface area contributed by atoms with Crippen molar-refractivity contribution < 1.29 is 36.5 Å². The molecule has 0 atom stereocenters. The number of halogens is 3. The van der Waals surface area contributed by atoms with Crippen molar-refractivity contribution in [2.75, 3.05) is 21.3 Å². The second-order valence-electron chi connectivity index (χ2n) is 7.50. The van der Waals surface area contributed by atoms with Gasteiger partial charge in [-0.2, -0.15) is 13.2 Å². The van der Waals surface area contributed by atoms with Crippen molar-refractivity contribution in [2.24, 2.45) is 0 Å². The van der Waals surface area contributed by atoms with Crippen LogP contribution >= 0.6 is 0 Å². The molecule has 6 nitrogen and oxygen atoms in total. The molecular formula is C26H21F3O6. The van der Waals surface area contributed by atoms with Gasteiger partial charge in [0.1, 0.15) is 23.7 Å². The van der Waals surface area contributed by atoms with Gasteiger partial charge in [0.15, 0.2) is 11.5 Å². The lowest BCUT2D eigenvalue weighted by Crippen LogP contribution is -2.16.